The van der Waals surface area contributed by atoms with Crippen LogP contribution in [0.4, 0.5) is 0 Å². The number of hydrogen-bond donors (Lipinski definition) is 2. The van der Waals surface area contributed by atoms with E-state index in [1.165, 1.54) is 11.1 Å². The van der Waals surface area contributed by atoms with E-state index in [0.29, 0.717) is 0 Å². The molecule has 0 aromatic heterocycles. The molecular formula is C11H13NO. The number of rotatable bonds is 2. The highest BCUT2D eigenvalue weighted by molar-refractivity contribution is 5.56. The molecule has 2 heteroatoms. The Kier molecular flexibility index (Phi) is 2.17. The lowest BCUT2D eigenvalue weighted by atomic mass is 9.99. The van der Waals surface area contributed by atoms with E-state index in [0.717, 1.165) is 12.1 Å². The molecule has 0 aliphatic carbocycles. The minimum Gasteiger partial charge on any atom is -0.394 e. The highest BCUT2D eigenvalue weighted by Gasteiger charge is 2.22. The summed E-state index contributed by atoms with van der Waals surface area (Å²) in [5.74, 6) is 0. The summed E-state index contributed by atoms with van der Waals surface area (Å²) in [6.45, 7) is 4.77. The summed E-state index contributed by atoms with van der Waals surface area (Å²) in [5, 5.41) is 12.4. The van der Waals surface area contributed by atoms with Gasteiger partial charge in [-0.2, -0.15) is 0 Å². The molecule has 13 heavy (non-hydrogen) atoms. The maximum Gasteiger partial charge on any atom is 0.0626 e. The van der Waals surface area contributed by atoms with Crippen molar-refractivity contribution in [1.29, 1.82) is 0 Å². The van der Waals surface area contributed by atoms with Crippen molar-refractivity contribution in [1.82, 2.24) is 5.32 Å². The second-order valence-electron chi connectivity index (χ2n) is 3.24. The van der Waals surface area contributed by atoms with Gasteiger partial charge in [-0.15, -0.1) is 0 Å². The van der Waals surface area contributed by atoms with Gasteiger partial charge in [-0.25, -0.2) is 0 Å². The first-order valence-electron chi connectivity index (χ1n) is 4.45. The van der Waals surface area contributed by atoms with Gasteiger partial charge in [0.1, 0.15) is 0 Å². The van der Waals surface area contributed by atoms with Crippen molar-refractivity contribution in [2.24, 2.45) is 0 Å². The molecule has 0 amide bonds. The third-order valence-corrected chi connectivity index (χ3v) is 2.52. The number of aliphatic hydroxyl groups excluding tert-OH is 1. The van der Waals surface area contributed by atoms with Crippen LogP contribution in [0.2, 0.25) is 0 Å². The summed E-state index contributed by atoms with van der Waals surface area (Å²) in [5.41, 5.74) is 3.61. The summed E-state index contributed by atoms with van der Waals surface area (Å²) in [4.78, 5) is 0. The third kappa shape index (κ3) is 1.28. The van der Waals surface area contributed by atoms with Crippen molar-refractivity contribution in [3.8, 4) is 0 Å². The Hall–Kier alpha value is -1.12. The predicted molar refractivity (Wildman–Crippen MR) is 53.2 cm³/mol. The van der Waals surface area contributed by atoms with E-state index in [4.69, 9.17) is 5.11 Å². The Labute approximate surface area is 77.9 Å². The molecule has 68 valence electrons. The molecule has 0 fully saturated rings. The quantitative estimate of drug-likeness (QED) is 0.713. The van der Waals surface area contributed by atoms with E-state index >= 15 is 0 Å². The third-order valence-electron chi connectivity index (χ3n) is 2.52. The van der Waals surface area contributed by atoms with Crippen molar-refractivity contribution in [3.63, 3.8) is 0 Å². The zero-order valence-electron chi connectivity index (χ0n) is 7.46. The number of hydrogen-bond acceptors (Lipinski definition) is 2. The molecule has 2 N–H and O–H groups in total. The number of nitrogens with one attached hydrogen (secondary N) is 1. The fraction of sp³-hybridized carbons (Fsp3) is 0.273. The highest BCUT2D eigenvalue weighted by atomic mass is 16.3. The Morgan fingerprint density at radius 2 is 2.46 bits per heavy atom. The SMILES string of the molecule is C=Cc1cccc2c1[C@H](CO)NC2. The molecule has 0 radical (unpaired) electrons. The molecule has 0 spiro atoms. The molecule has 2 nitrogen and oxygen atoms in total. The number of fused-ring (bicyclic) bond motifs is 1. The van der Waals surface area contributed by atoms with Gasteiger partial charge in [0, 0.05) is 6.54 Å². The molecule has 2 rings (SSSR count). The van der Waals surface area contributed by atoms with E-state index in [-0.39, 0.29) is 12.6 Å². The van der Waals surface area contributed by atoms with Gasteiger partial charge < -0.3 is 10.4 Å². The first-order chi connectivity index (χ1) is 6.36. The van der Waals surface area contributed by atoms with Crippen LogP contribution in [0.15, 0.2) is 24.8 Å². The van der Waals surface area contributed by atoms with Crippen LogP contribution in [0.1, 0.15) is 22.7 Å². The second kappa shape index (κ2) is 3.32. The summed E-state index contributed by atoms with van der Waals surface area (Å²) < 4.78 is 0. The van der Waals surface area contributed by atoms with E-state index < -0.39 is 0 Å². The first-order valence-corrected chi connectivity index (χ1v) is 4.45. The van der Waals surface area contributed by atoms with Crippen molar-refractivity contribution >= 4 is 6.08 Å². The lowest BCUT2D eigenvalue weighted by molar-refractivity contribution is 0.251. The molecule has 1 aliphatic rings. The zero-order valence-corrected chi connectivity index (χ0v) is 7.46. The van der Waals surface area contributed by atoms with Crippen LogP contribution in [0.5, 0.6) is 0 Å². The molecule has 1 aromatic carbocycles. The minimum atomic E-state index is 0.0872. The average molecular weight is 175 g/mol. The van der Waals surface area contributed by atoms with Crippen LogP contribution >= 0.6 is 0 Å². The smallest absolute Gasteiger partial charge is 0.0626 e. The second-order valence-corrected chi connectivity index (χ2v) is 3.24. The van der Waals surface area contributed by atoms with Gasteiger partial charge in [0.05, 0.1) is 12.6 Å². The van der Waals surface area contributed by atoms with Gasteiger partial charge >= 0.3 is 0 Å². The Morgan fingerprint density at radius 1 is 1.62 bits per heavy atom. The van der Waals surface area contributed by atoms with E-state index in [9.17, 15) is 0 Å². The van der Waals surface area contributed by atoms with Gasteiger partial charge in [-0.1, -0.05) is 30.9 Å². The lowest BCUT2D eigenvalue weighted by Gasteiger charge is -2.10. The molecule has 0 bridgehead atoms. The lowest BCUT2D eigenvalue weighted by Crippen LogP contribution is -2.16. The van der Waals surface area contributed by atoms with Gasteiger partial charge in [-0.05, 0) is 16.7 Å². The van der Waals surface area contributed by atoms with Crippen molar-refractivity contribution in [2.75, 3.05) is 6.61 Å². The van der Waals surface area contributed by atoms with Crippen LogP contribution in [0.3, 0.4) is 0 Å². The summed E-state index contributed by atoms with van der Waals surface area (Å²) >= 11 is 0. The molecule has 1 atom stereocenters. The fourth-order valence-corrected chi connectivity index (χ4v) is 1.88. The summed E-state index contributed by atoms with van der Waals surface area (Å²) in [7, 11) is 0. The Morgan fingerprint density at radius 3 is 3.15 bits per heavy atom. The maximum atomic E-state index is 9.14. The van der Waals surface area contributed by atoms with E-state index in [2.05, 4.69) is 18.0 Å². The van der Waals surface area contributed by atoms with Crippen molar-refractivity contribution < 1.29 is 5.11 Å². The molecular weight excluding hydrogens is 162 g/mol. The molecule has 1 heterocycles. The summed E-state index contributed by atoms with van der Waals surface area (Å²) in [6.07, 6.45) is 1.84. The molecule has 1 aromatic rings. The predicted octanol–water partition coefficient (Wildman–Crippen LogP) is 1.47. The van der Waals surface area contributed by atoms with Crippen molar-refractivity contribution in [3.05, 3.63) is 41.5 Å². The largest absolute Gasteiger partial charge is 0.394 e. The van der Waals surface area contributed by atoms with Crippen LogP contribution in [0.25, 0.3) is 6.08 Å². The van der Waals surface area contributed by atoms with Crippen LogP contribution in [-0.4, -0.2) is 11.7 Å². The average Bonchev–Trinajstić information content (AvgIpc) is 2.60. The highest BCUT2D eigenvalue weighted by Crippen LogP contribution is 2.28. The van der Waals surface area contributed by atoms with Crippen LogP contribution in [0, 0.1) is 0 Å². The van der Waals surface area contributed by atoms with Gasteiger partial charge in [-0.3, -0.25) is 0 Å². The minimum absolute atomic E-state index is 0.0872. The Balaban J connectivity index is 2.52. The van der Waals surface area contributed by atoms with Gasteiger partial charge in [0.15, 0.2) is 0 Å². The number of benzene rings is 1. The van der Waals surface area contributed by atoms with E-state index in [1.54, 1.807) is 0 Å². The Bertz CT molecular complexity index is 333. The zero-order chi connectivity index (χ0) is 9.26. The van der Waals surface area contributed by atoms with Gasteiger partial charge in [0.2, 0.25) is 0 Å². The first kappa shape index (κ1) is 8.48. The molecule has 0 unspecified atom stereocenters. The molecule has 1 aliphatic heterocycles. The van der Waals surface area contributed by atoms with Crippen LogP contribution in [-0.2, 0) is 6.54 Å². The summed E-state index contributed by atoms with van der Waals surface area (Å²) in [6, 6.07) is 6.23. The van der Waals surface area contributed by atoms with Crippen LogP contribution < -0.4 is 5.32 Å². The standard InChI is InChI=1S/C11H13NO/c1-2-8-4-3-5-9-6-12-10(7-13)11(8)9/h2-5,10,12-13H,1,6-7H2/t10-/m0/s1. The van der Waals surface area contributed by atoms with Crippen molar-refractivity contribution in [2.45, 2.75) is 12.6 Å². The molecule has 0 saturated heterocycles. The molecule has 0 saturated carbocycles. The fourth-order valence-electron chi connectivity index (χ4n) is 1.88. The maximum absolute atomic E-state index is 9.14. The number of aliphatic hydroxyl groups is 1. The van der Waals surface area contributed by atoms with E-state index in [1.807, 2.05) is 18.2 Å². The topological polar surface area (TPSA) is 32.3 Å². The van der Waals surface area contributed by atoms with Gasteiger partial charge in [0.25, 0.3) is 0 Å². The normalized spacial score (nSPS) is 19.9. The monoisotopic (exact) mass is 175 g/mol.